The molecule has 2 rings (SSSR count). The Morgan fingerprint density at radius 2 is 1.83 bits per heavy atom. The molecule has 0 bridgehead atoms. The van der Waals surface area contributed by atoms with Crippen molar-refractivity contribution in [2.24, 2.45) is 0 Å². The van der Waals surface area contributed by atoms with Crippen LogP contribution in [0.3, 0.4) is 0 Å². The van der Waals surface area contributed by atoms with Crippen molar-refractivity contribution in [3.63, 3.8) is 0 Å². The molecule has 1 N–H and O–H groups in total. The summed E-state index contributed by atoms with van der Waals surface area (Å²) in [4.78, 5) is 11.8. The van der Waals surface area contributed by atoms with Crippen LogP contribution >= 0.6 is 0 Å². The number of carbonyl (C=O) groups excluding carboxylic acids is 1. The highest BCUT2D eigenvalue weighted by atomic mass is 19.1. The Balaban J connectivity index is 2.19. The summed E-state index contributed by atoms with van der Waals surface area (Å²) in [5.41, 5.74) is 0.969. The number of hydrogen-bond donors (Lipinski definition) is 1. The van der Waals surface area contributed by atoms with Gasteiger partial charge in [0.05, 0.1) is 0 Å². The van der Waals surface area contributed by atoms with Gasteiger partial charge in [0.25, 0.3) is 0 Å². The summed E-state index contributed by atoms with van der Waals surface area (Å²) < 4.78 is 12.8. The summed E-state index contributed by atoms with van der Waals surface area (Å²) in [5.74, 6) is -0.870. The Bertz CT molecular complexity index is 589. The standard InChI is InChI=1S/C15H11FO2/c16-13-8-6-12(15(18)10-13)7-9-14(17)11-4-2-1-3-5-11/h1-10,18H. The average molecular weight is 242 g/mol. The number of allylic oxidation sites excluding steroid dienone is 1. The van der Waals surface area contributed by atoms with E-state index >= 15 is 0 Å². The van der Waals surface area contributed by atoms with Gasteiger partial charge in [-0.3, -0.25) is 4.79 Å². The summed E-state index contributed by atoms with van der Waals surface area (Å²) in [7, 11) is 0. The highest BCUT2D eigenvalue weighted by molar-refractivity contribution is 6.06. The van der Waals surface area contributed by atoms with Crippen molar-refractivity contribution in [2.75, 3.05) is 0 Å². The van der Waals surface area contributed by atoms with E-state index in [-0.39, 0.29) is 11.5 Å². The van der Waals surface area contributed by atoms with Crippen molar-refractivity contribution in [3.8, 4) is 5.75 Å². The second-order valence-electron chi connectivity index (χ2n) is 3.77. The van der Waals surface area contributed by atoms with Crippen molar-refractivity contribution in [1.82, 2.24) is 0 Å². The van der Waals surface area contributed by atoms with Gasteiger partial charge in [-0.2, -0.15) is 0 Å². The van der Waals surface area contributed by atoms with Crippen LogP contribution in [-0.4, -0.2) is 10.9 Å². The van der Waals surface area contributed by atoms with E-state index in [1.54, 1.807) is 24.3 Å². The van der Waals surface area contributed by atoms with Crippen LogP contribution in [0.15, 0.2) is 54.6 Å². The van der Waals surface area contributed by atoms with Gasteiger partial charge in [-0.25, -0.2) is 4.39 Å². The van der Waals surface area contributed by atoms with Gasteiger partial charge in [0.15, 0.2) is 5.78 Å². The molecule has 0 heterocycles. The SMILES string of the molecule is O=C(C=Cc1ccc(F)cc1O)c1ccccc1. The van der Waals surface area contributed by atoms with Gasteiger partial charge in [-0.1, -0.05) is 30.3 Å². The van der Waals surface area contributed by atoms with Gasteiger partial charge in [-0.15, -0.1) is 0 Å². The van der Waals surface area contributed by atoms with E-state index in [9.17, 15) is 14.3 Å². The zero-order chi connectivity index (χ0) is 13.0. The molecule has 0 aliphatic rings. The number of halogens is 1. The summed E-state index contributed by atoms with van der Waals surface area (Å²) in [5, 5.41) is 9.47. The normalized spacial score (nSPS) is 10.7. The lowest BCUT2D eigenvalue weighted by Gasteiger charge is -1.98. The minimum absolute atomic E-state index is 0.167. The zero-order valence-electron chi connectivity index (χ0n) is 9.51. The quantitative estimate of drug-likeness (QED) is 0.661. The lowest BCUT2D eigenvalue weighted by molar-refractivity contribution is 0.104. The van der Waals surface area contributed by atoms with Gasteiger partial charge >= 0.3 is 0 Å². The van der Waals surface area contributed by atoms with Crippen LogP contribution in [0, 0.1) is 5.82 Å². The zero-order valence-corrected chi connectivity index (χ0v) is 9.51. The van der Waals surface area contributed by atoms with Crippen LogP contribution in [0.2, 0.25) is 0 Å². The van der Waals surface area contributed by atoms with E-state index in [0.717, 1.165) is 6.07 Å². The van der Waals surface area contributed by atoms with Crippen molar-refractivity contribution in [3.05, 3.63) is 71.6 Å². The molecule has 0 amide bonds. The van der Waals surface area contributed by atoms with E-state index < -0.39 is 5.82 Å². The van der Waals surface area contributed by atoms with Gasteiger partial charge in [0.1, 0.15) is 11.6 Å². The first-order valence-electron chi connectivity index (χ1n) is 5.43. The molecule has 0 radical (unpaired) electrons. The van der Waals surface area contributed by atoms with Crippen molar-refractivity contribution >= 4 is 11.9 Å². The molecule has 0 aliphatic carbocycles. The maximum absolute atomic E-state index is 12.8. The number of hydrogen-bond acceptors (Lipinski definition) is 2. The monoisotopic (exact) mass is 242 g/mol. The van der Waals surface area contributed by atoms with Gasteiger partial charge in [0.2, 0.25) is 0 Å². The third kappa shape index (κ3) is 2.83. The Labute approximate surface area is 104 Å². The molecule has 90 valence electrons. The van der Waals surface area contributed by atoms with Crippen LogP contribution in [0.25, 0.3) is 6.08 Å². The average Bonchev–Trinajstić information content (AvgIpc) is 2.38. The Morgan fingerprint density at radius 3 is 2.50 bits per heavy atom. The van der Waals surface area contributed by atoms with E-state index in [0.29, 0.717) is 11.1 Å². The fraction of sp³-hybridized carbons (Fsp3) is 0. The third-order valence-electron chi connectivity index (χ3n) is 2.47. The van der Waals surface area contributed by atoms with Crippen molar-refractivity contribution < 1.29 is 14.3 Å². The highest BCUT2D eigenvalue weighted by Crippen LogP contribution is 2.19. The number of phenolic OH excluding ortho intramolecular Hbond substituents is 1. The van der Waals surface area contributed by atoms with Gasteiger partial charge < -0.3 is 5.11 Å². The second kappa shape index (κ2) is 5.27. The summed E-state index contributed by atoms with van der Waals surface area (Å²) >= 11 is 0. The highest BCUT2D eigenvalue weighted by Gasteiger charge is 2.02. The molecule has 0 aliphatic heterocycles. The second-order valence-corrected chi connectivity index (χ2v) is 3.77. The predicted octanol–water partition coefficient (Wildman–Crippen LogP) is 3.43. The van der Waals surface area contributed by atoms with Crippen LogP contribution in [0.5, 0.6) is 5.75 Å². The first-order chi connectivity index (χ1) is 8.66. The maximum atomic E-state index is 12.8. The van der Waals surface area contributed by atoms with Crippen molar-refractivity contribution in [2.45, 2.75) is 0 Å². The largest absolute Gasteiger partial charge is 0.507 e. The molecule has 2 nitrogen and oxygen atoms in total. The number of aromatic hydroxyl groups is 1. The van der Waals surface area contributed by atoms with E-state index in [1.807, 2.05) is 6.07 Å². The fourth-order valence-electron chi connectivity index (χ4n) is 1.52. The minimum atomic E-state index is -0.515. The summed E-state index contributed by atoms with van der Waals surface area (Å²) in [6, 6.07) is 12.4. The third-order valence-corrected chi connectivity index (χ3v) is 2.47. The molecule has 3 heteroatoms. The fourth-order valence-corrected chi connectivity index (χ4v) is 1.52. The predicted molar refractivity (Wildman–Crippen MR) is 67.9 cm³/mol. The molecular weight excluding hydrogens is 231 g/mol. The lowest BCUT2D eigenvalue weighted by atomic mass is 10.1. The molecule has 0 unspecified atom stereocenters. The summed E-state index contributed by atoms with van der Waals surface area (Å²) in [6.45, 7) is 0. The van der Waals surface area contributed by atoms with Crippen molar-refractivity contribution in [1.29, 1.82) is 0 Å². The number of carbonyl (C=O) groups is 1. The molecule has 2 aromatic carbocycles. The number of rotatable bonds is 3. The minimum Gasteiger partial charge on any atom is -0.507 e. The molecule has 0 aromatic heterocycles. The molecule has 0 spiro atoms. The number of benzene rings is 2. The van der Waals surface area contributed by atoms with E-state index in [4.69, 9.17) is 0 Å². The van der Waals surface area contributed by atoms with Gasteiger partial charge in [-0.05, 0) is 24.3 Å². The molecule has 0 saturated heterocycles. The van der Waals surface area contributed by atoms with Crippen LogP contribution in [0.4, 0.5) is 4.39 Å². The van der Waals surface area contributed by atoms with E-state index in [2.05, 4.69) is 0 Å². The molecule has 0 saturated carbocycles. The van der Waals surface area contributed by atoms with Crippen LogP contribution < -0.4 is 0 Å². The van der Waals surface area contributed by atoms with Gasteiger partial charge in [0, 0.05) is 17.2 Å². The summed E-state index contributed by atoms with van der Waals surface area (Å²) in [6.07, 6.45) is 2.81. The topological polar surface area (TPSA) is 37.3 Å². The van der Waals surface area contributed by atoms with E-state index in [1.165, 1.54) is 24.3 Å². The molecule has 0 atom stereocenters. The maximum Gasteiger partial charge on any atom is 0.185 e. The Hall–Kier alpha value is -2.42. The van der Waals surface area contributed by atoms with Crippen LogP contribution in [-0.2, 0) is 0 Å². The molecule has 2 aromatic rings. The smallest absolute Gasteiger partial charge is 0.185 e. The first-order valence-corrected chi connectivity index (χ1v) is 5.43. The first kappa shape index (κ1) is 12.0. The van der Waals surface area contributed by atoms with Crippen LogP contribution in [0.1, 0.15) is 15.9 Å². The number of phenols is 1. The number of ketones is 1. The molecule has 0 fully saturated rings. The molecule has 18 heavy (non-hydrogen) atoms. The Morgan fingerprint density at radius 1 is 1.11 bits per heavy atom. The molecular formula is C15H11FO2. The Kier molecular flexibility index (Phi) is 3.53. The lowest BCUT2D eigenvalue weighted by Crippen LogP contribution is -1.92.